The molecule has 4 fully saturated rings. The Morgan fingerprint density at radius 2 is 1.89 bits per heavy atom. The van der Waals surface area contributed by atoms with Gasteiger partial charge in [-0.25, -0.2) is 8.78 Å². The maximum atomic E-state index is 13.8. The summed E-state index contributed by atoms with van der Waals surface area (Å²) < 4.78 is 33.5. The number of hydrogen-bond donors (Lipinski definition) is 3. The molecule has 1 aliphatic heterocycles. The van der Waals surface area contributed by atoms with Crippen molar-refractivity contribution in [2.75, 3.05) is 19.8 Å². The average molecular weight is 495 g/mol. The third-order valence-electron chi connectivity index (χ3n) is 8.67. The lowest BCUT2D eigenvalue weighted by molar-refractivity contribution is 0.0726. The zero-order chi connectivity index (χ0) is 24.9. The van der Waals surface area contributed by atoms with E-state index in [9.17, 15) is 13.9 Å². The Morgan fingerprint density at radius 3 is 2.61 bits per heavy atom. The van der Waals surface area contributed by atoms with Gasteiger partial charge in [-0.05, 0) is 86.1 Å². The minimum atomic E-state index is -0.717. The quantitative estimate of drug-likeness (QED) is 0.439. The Balaban J connectivity index is 1.14. The van der Waals surface area contributed by atoms with Crippen molar-refractivity contribution in [3.63, 3.8) is 0 Å². The third kappa shape index (κ3) is 5.22. The molecule has 3 aliphatic carbocycles. The van der Waals surface area contributed by atoms with Gasteiger partial charge >= 0.3 is 0 Å². The Kier molecular flexibility index (Phi) is 6.39. The van der Waals surface area contributed by atoms with E-state index >= 15 is 0 Å². The molecule has 6 rings (SSSR count). The molecular weight excluding hydrogens is 458 g/mol. The average Bonchev–Trinajstić information content (AvgIpc) is 3.73. The summed E-state index contributed by atoms with van der Waals surface area (Å²) in [4.78, 5) is 0. The highest BCUT2D eigenvalue weighted by Crippen LogP contribution is 2.52. The van der Waals surface area contributed by atoms with Crippen LogP contribution in [0.4, 0.5) is 8.78 Å². The Hall–Kier alpha value is -2.28. The molecule has 3 N–H and O–H groups in total. The van der Waals surface area contributed by atoms with Crippen LogP contribution >= 0.6 is 0 Å². The van der Waals surface area contributed by atoms with Gasteiger partial charge in [0.05, 0.1) is 18.8 Å². The predicted molar refractivity (Wildman–Crippen MR) is 135 cm³/mol. The molecule has 2 aromatic rings. The van der Waals surface area contributed by atoms with E-state index in [0.717, 1.165) is 62.5 Å². The van der Waals surface area contributed by atoms with Crippen molar-refractivity contribution in [2.24, 2.45) is 11.8 Å². The fourth-order valence-electron chi connectivity index (χ4n) is 6.05. The molecule has 5 atom stereocenters. The summed E-state index contributed by atoms with van der Waals surface area (Å²) in [5.41, 5.74) is 5.49. The summed E-state index contributed by atoms with van der Waals surface area (Å²) in [5.74, 6) is 0.810. The molecule has 4 aliphatic rings. The first kappa shape index (κ1) is 24.1. The zero-order valence-electron chi connectivity index (χ0n) is 20.9. The fourth-order valence-corrected chi connectivity index (χ4v) is 6.05. The van der Waals surface area contributed by atoms with Crippen molar-refractivity contribution >= 4 is 0 Å². The van der Waals surface area contributed by atoms with Gasteiger partial charge in [0, 0.05) is 36.4 Å². The van der Waals surface area contributed by atoms with Gasteiger partial charge in [-0.15, -0.1) is 0 Å². The Morgan fingerprint density at radius 1 is 1.11 bits per heavy atom. The van der Waals surface area contributed by atoms with Crippen molar-refractivity contribution in [3.8, 4) is 0 Å². The lowest BCUT2D eigenvalue weighted by atomic mass is 9.89. The van der Waals surface area contributed by atoms with Crippen molar-refractivity contribution in [3.05, 3.63) is 82.1 Å². The summed E-state index contributed by atoms with van der Waals surface area (Å²) in [6, 6.07) is 12.2. The Labute approximate surface area is 212 Å². The standard InChI is InChI=1S/C30H36F2N2O2/c1-18(20-5-6-20)34-28(11-19-9-24(31)14-25(32)10-19)29(35)15-33-30(7-8-30)23-4-2-3-21(12-23)27-17-36-16-22-13-26(22)27/h2-4,9-10,12,14,22,26-29,33-35H,5-8,11,13,15-17H2,1H3/t22-,26?,27?,28?,29?/m1/s1. The van der Waals surface area contributed by atoms with Gasteiger partial charge in [-0.2, -0.15) is 0 Å². The van der Waals surface area contributed by atoms with Crippen molar-refractivity contribution < 1.29 is 18.6 Å². The van der Waals surface area contributed by atoms with Crippen LogP contribution in [0, 0.1) is 23.5 Å². The van der Waals surface area contributed by atoms with Crippen LogP contribution in [0.25, 0.3) is 0 Å². The number of rotatable bonds is 10. The highest BCUT2D eigenvalue weighted by Gasteiger charge is 2.48. The molecule has 0 spiro atoms. The number of benzene rings is 2. The van der Waals surface area contributed by atoms with E-state index in [2.05, 4.69) is 34.9 Å². The topological polar surface area (TPSA) is 53.5 Å². The monoisotopic (exact) mass is 494 g/mol. The van der Waals surface area contributed by atoms with Crippen LogP contribution in [-0.2, 0) is 16.7 Å². The molecule has 1 saturated heterocycles. The van der Waals surface area contributed by atoms with E-state index < -0.39 is 17.7 Å². The first-order chi connectivity index (χ1) is 17.4. The van der Waals surface area contributed by atoms with E-state index in [4.69, 9.17) is 4.74 Å². The minimum Gasteiger partial charge on any atom is -0.390 e. The molecule has 2 aromatic carbocycles. The summed E-state index contributed by atoms with van der Waals surface area (Å²) >= 11 is 0. The molecule has 0 aromatic heterocycles. The van der Waals surface area contributed by atoms with Gasteiger partial charge in [0.1, 0.15) is 11.6 Å². The Bertz CT molecular complexity index is 1140. The minimum absolute atomic E-state index is 0.116. The van der Waals surface area contributed by atoms with Gasteiger partial charge in [-0.1, -0.05) is 29.8 Å². The maximum Gasteiger partial charge on any atom is 0.126 e. The largest absolute Gasteiger partial charge is 0.390 e. The lowest BCUT2D eigenvalue weighted by Gasteiger charge is -2.29. The number of nitrogens with one attached hydrogen (secondary N) is 2. The number of ether oxygens (including phenoxy) is 1. The maximum absolute atomic E-state index is 13.8. The number of halogens is 2. The van der Waals surface area contributed by atoms with Crippen molar-refractivity contribution in [1.29, 1.82) is 0 Å². The molecule has 1 heterocycles. The van der Waals surface area contributed by atoms with Gasteiger partial charge in [-0.3, -0.25) is 0 Å². The SMILES string of the molecule is CC(NC(Cc1cc(F)cc(F)c1)C(O)CNC1(c2cccc(C3COC[C@H]4CC34)c2)CC1)=C1CC1. The molecular formula is C30H36F2N2O2. The normalized spacial score (nSPS) is 27.1. The molecule has 3 saturated carbocycles. The molecule has 4 nitrogen and oxygen atoms in total. The molecule has 0 bridgehead atoms. The van der Waals surface area contributed by atoms with E-state index in [-0.39, 0.29) is 11.6 Å². The molecule has 0 radical (unpaired) electrons. The number of aliphatic hydroxyl groups excluding tert-OH is 1. The summed E-state index contributed by atoms with van der Waals surface area (Å²) in [7, 11) is 0. The number of allylic oxidation sites excluding steroid dienone is 2. The second-order valence-electron chi connectivity index (χ2n) is 11.4. The summed E-state index contributed by atoms with van der Waals surface area (Å²) in [5, 5.41) is 18.4. The van der Waals surface area contributed by atoms with E-state index in [1.165, 1.54) is 35.3 Å². The smallest absolute Gasteiger partial charge is 0.126 e. The molecule has 192 valence electrons. The zero-order valence-corrected chi connectivity index (χ0v) is 20.9. The fraction of sp³-hybridized carbons (Fsp3) is 0.533. The van der Waals surface area contributed by atoms with E-state index in [1.807, 2.05) is 6.92 Å². The van der Waals surface area contributed by atoms with E-state index in [0.29, 0.717) is 24.4 Å². The highest BCUT2D eigenvalue weighted by molar-refractivity contribution is 5.36. The van der Waals surface area contributed by atoms with Crippen LogP contribution in [0.15, 0.2) is 53.7 Å². The number of hydrogen-bond acceptors (Lipinski definition) is 4. The second-order valence-corrected chi connectivity index (χ2v) is 11.4. The molecule has 4 unspecified atom stereocenters. The van der Waals surface area contributed by atoms with Crippen LogP contribution in [0.3, 0.4) is 0 Å². The molecule has 36 heavy (non-hydrogen) atoms. The summed E-state index contributed by atoms with van der Waals surface area (Å²) in [6.45, 7) is 4.15. The van der Waals surface area contributed by atoms with E-state index in [1.54, 1.807) is 0 Å². The van der Waals surface area contributed by atoms with Crippen LogP contribution in [0.2, 0.25) is 0 Å². The summed E-state index contributed by atoms with van der Waals surface area (Å²) in [6.07, 6.45) is 5.12. The van der Waals surface area contributed by atoms with Crippen LogP contribution in [-0.4, -0.2) is 37.0 Å². The lowest BCUT2D eigenvalue weighted by Crippen LogP contribution is -2.47. The van der Waals surface area contributed by atoms with Gasteiger partial charge in [0.25, 0.3) is 0 Å². The van der Waals surface area contributed by atoms with Crippen molar-refractivity contribution in [2.45, 2.75) is 69.1 Å². The van der Waals surface area contributed by atoms with Crippen LogP contribution < -0.4 is 10.6 Å². The number of fused-ring (bicyclic) bond motifs is 1. The molecule has 6 heteroatoms. The van der Waals surface area contributed by atoms with Crippen molar-refractivity contribution in [1.82, 2.24) is 10.6 Å². The highest BCUT2D eigenvalue weighted by atomic mass is 19.1. The first-order valence-electron chi connectivity index (χ1n) is 13.4. The molecule has 0 amide bonds. The van der Waals surface area contributed by atoms with Crippen LogP contribution in [0.1, 0.15) is 61.6 Å². The second kappa shape index (κ2) is 9.55. The predicted octanol–water partition coefficient (Wildman–Crippen LogP) is 4.92. The van der Waals surface area contributed by atoms with Crippen LogP contribution in [0.5, 0.6) is 0 Å². The number of aliphatic hydroxyl groups is 1. The third-order valence-corrected chi connectivity index (χ3v) is 8.67. The van der Waals surface area contributed by atoms with Gasteiger partial charge < -0.3 is 20.5 Å². The first-order valence-corrected chi connectivity index (χ1v) is 13.4. The van der Waals surface area contributed by atoms with Gasteiger partial charge in [0.15, 0.2) is 0 Å². The van der Waals surface area contributed by atoms with Gasteiger partial charge in [0.2, 0.25) is 0 Å².